The lowest BCUT2D eigenvalue weighted by molar-refractivity contribution is 0.737. The summed E-state index contributed by atoms with van der Waals surface area (Å²) < 4.78 is 0. The van der Waals surface area contributed by atoms with Crippen molar-refractivity contribution in [3.8, 4) is 0 Å². The fourth-order valence-electron chi connectivity index (χ4n) is 0.925. The van der Waals surface area contributed by atoms with E-state index in [9.17, 15) is 0 Å². The van der Waals surface area contributed by atoms with Crippen molar-refractivity contribution in [3.63, 3.8) is 0 Å². The first-order chi connectivity index (χ1) is 5.63. The molecule has 0 aliphatic heterocycles. The van der Waals surface area contributed by atoms with Crippen LogP contribution in [-0.2, 0) is 0 Å². The maximum absolute atomic E-state index is 5.77. The van der Waals surface area contributed by atoms with E-state index in [4.69, 9.17) is 34.7 Å². The second-order valence-corrected chi connectivity index (χ2v) is 3.42. The third-order valence-electron chi connectivity index (χ3n) is 1.57. The Morgan fingerprint density at radius 1 is 1.07 bits per heavy atom. The van der Waals surface area contributed by atoms with Gasteiger partial charge in [-0.15, -0.1) is 24.8 Å². The molecule has 0 radical (unpaired) electrons. The molecule has 0 amide bonds. The Kier molecular flexibility index (Phi) is 9.04. The van der Waals surface area contributed by atoms with Crippen molar-refractivity contribution in [1.82, 2.24) is 0 Å². The van der Waals surface area contributed by atoms with Crippen LogP contribution in [0.15, 0.2) is 18.2 Å². The van der Waals surface area contributed by atoms with Crippen LogP contribution < -0.4 is 11.5 Å². The minimum atomic E-state index is -0.193. The molecule has 0 aromatic heterocycles. The summed E-state index contributed by atoms with van der Waals surface area (Å²) in [5.41, 5.74) is 12.0. The van der Waals surface area contributed by atoms with E-state index in [1.807, 2.05) is 0 Å². The molecule has 0 bridgehead atoms. The smallest absolute Gasteiger partial charge is 0.0424 e. The molecule has 0 saturated carbocycles. The van der Waals surface area contributed by atoms with Crippen LogP contribution in [0.4, 0.5) is 0 Å². The van der Waals surface area contributed by atoms with Crippen LogP contribution in [0.2, 0.25) is 10.0 Å². The molecule has 0 aliphatic carbocycles. The quantitative estimate of drug-likeness (QED) is 0.873. The molecule has 1 atom stereocenters. The molecule has 1 rings (SSSR count). The van der Waals surface area contributed by atoms with Gasteiger partial charge in [-0.1, -0.05) is 23.2 Å². The average Bonchev–Trinajstić information content (AvgIpc) is 2.01. The summed E-state index contributed by atoms with van der Waals surface area (Å²) in [6.07, 6.45) is 0. The van der Waals surface area contributed by atoms with Gasteiger partial charge in [-0.2, -0.15) is 0 Å². The zero-order valence-corrected chi connectivity index (χ0v) is 10.4. The third kappa shape index (κ3) is 4.69. The minimum Gasteiger partial charge on any atom is -0.329 e. The van der Waals surface area contributed by atoms with Crippen LogP contribution in [0, 0.1) is 0 Å². The minimum absolute atomic E-state index is 0. The summed E-state index contributed by atoms with van der Waals surface area (Å²) in [6.45, 7) is 0.386. The standard InChI is InChI=1S/C8H10Cl2N2.2ClH/c9-6-1-5(8(12)4-11)2-7(10)3-6;;/h1-3,8H,4,11-12H2;2*1H. The number of benzene rings is 1. The van der Waals surface area contributed by atoms with Crippen molar-refractivity contribution < 1.29 is 0 Å². The lowest BCUT2D eigenvalue weighted by Gasteiger charge is -2.09. The van der Waals surface area contributed by atoms with Crippen LogP contribution in [-0.4, -0.2) is 6.54 Å². The molecule has 0 heterocycles. The molecule has 2 nitrogen and oxygen atoms in total. The highest BCUT2D eigenvalue weighted by Crippen LogP contribution is 2.21. The molecule has 82 valence electrons. The van der Waals surface area contributed by atoms with E-state index < -0.39 is 0 Å². The number of hydrogen-bond acceptors (Lipinski definition) is 2. The Balaban J connectivity index is 0. The first kappa shape index (κ1) is 16.7. The molecular formula is C8H12Cl4N2. The molecule has 1 unspecified atom stereocenters. The van der Waals surface area contributed by atoms with Crippen LogP contribution >= 0.6 is 48.0 Å². The molecule has 1 aromatic carbocycles. The Hall–Kier alpha value is 0.300. The second-order valence-electron chi connectivity index (χ2n) is 2.54. The SMILES string of the molecule is Cl.Cl.NCC(N)c1cc(Cl)cc(Cl)c1. The molecular weight excluding hydrogens is 266 g/mol. The van der Waals surface area contributed by atoms with Gasteiger partial charge in [0.05, 0.1) is 0 Å². The Morgan fingerprint density at radius 3 is 1.86 bits per heavy atom. The largest absolute Gasteiger partial charge is 0.329 e. The van der Waals surface area contributed by atoms with E-state index in [1.54, 1.807) is 18.2 Å². The summed E-state index contributed by atoms with van der Waals surface area (Å²) in [6, 6.07) is 5.01. The lowest BCUT2D eigenvalue weighted by atomic mass is 10.1. The molecule has 1 aromatic rings. The summed E-state index contributed by atoms with van der Waals surface area (Å²) in [5, 5.41) is 1.17. The molecule has 0 aliphatic rings. The van der Waals surface area contributed by atoms with Gasteiger partial charge < -0.3 is 11.5 Å². The summed E-state index contributed by atoms with van der Waals surface area (Å²) in [4.78, 5) is 0. The predicted molar refractivity (Wildman–Crippen MR) is 66.9 cm³/mol. The van der Waals surface area contributed by atoms with Crippen molar-refractivity contribution in [2.75, 3.05) is 6.54 Å². The molecule has 0 spiro atoms. The zero-order chi connectivity index (χ0) is 9.14. The van der Waals surface area contributed by atoms with Crippen molar-refractivity contribution in [3.05, 3.63) is 33.8 Å². The number of halogens is 4. The number of nitrogens with two attached hydrogens (primary N) is 2. The molecule has 4 N–H and O–H groups in total. The van der Waals surface area contributed by atoms with E-state index >= 15 is 0 Å². The van der Waals surface area contributed by atoms with Crippen LogP contribution in [0.3, 0.4) is 0 Å². The van der Waals surface area contributed by atoms with Crippen molar-refractivity contribution in [2.24, 2.45) is 11.5 Å². The summed E-state index contributed by atoms with van der Waals surface area (Å²) >= 11 is 11.5. The molecule has 6 heteroatoms. The number of hydrogen-bond donors (Lipinski definition) is 2. The van der Waals surface area contributed by atoms with Gasteiger partial charge >= 0.3 is 0 Å². The first-order valence-electron chi connectivity index (χ1n) is 3.55. The molecule has 0 fully saturated rings. The van der Waals surface area contributed by atoms with Gasteiger partial charge in [-0.3, -0.25) is 0 Å². The van der Waals surface area contributed by atoms with Crippen LogP contribution in [0.5, 0.6) is 0 Å². The third-order valence-corrected chi connectivity index (χ3v) is 2.00. The fourth-order valence-corrected chi connectivity index (χ4v) is 1.47. The molecule has 0 saturated heterocycles. The topological polar surface area (TPSA) is 52.0 Å². The lowest BCUT2D eigenvalue weighted by Crippen LogP contribution is -2.20. The van der Waals surface area contributed by atoms with Gasteiger partial charge in [0.15, 0.2) is 0 Å². The van der Waals surface area contributed by atoms with Gasteiger partial charge in [0.25, 0.3) is 0 Å². The van der Waals surface area contributed by atoms with Crippen molar-refractivity contribution in [2.45, 2.75) is 6.04 Å². The maximum Gasteiger partial charge on any atom is 0.0424 e. The van der Waals surface area contributed by atoms with Gasteiger partial charge in [0.2, 0.25) is 0 Å². The van der Waals surface area contributed by atoms with Gasteiger partial charge in [-0.05, 0) is 23.8 Å². The maximum atomic E-state index is 5.77. The Bertz CT molecular complexity index is 260. The van der Waals surface area contributed by atoms with Crippen molar-refractivity contribution >= 4 is 48.0 Å². The van der Waals surface area contributed by atoms with E-state index in [-0.39, 0.29) is 30.9 Å². The monoisotopic (exact) mass is 276 g/mol. The Morgan fingerprint density at radius 2 is 1.50 bits per heavy atom. The van der Waals surface area contributed by atoms with Crippen molar-refractivity contribution in [1.29, 1.82) is 0 Å². The van der Waals surface area contributed by atoms with E-state index in [0.717, 1.165) is 5.56 Å². The van der Waals surface area contributed by atoms with Gasteiger partial charge in [0, 0.05) is 22.6 Å². The first-order valence-corrected chi connectivity index (χ1v) is 4.30. The zero-order valence-electron chi connectivity index (χ0n) is 7.24. The van der Waals surface area contributed by atoms with Gasteiger partial charge in [0.1, 0.15) is 0 Å². The normalized spacial score (nSPS) is 11.1. The van der Waals surface area contributed by atoms with E-state index in [2.05, 4.69) is 0 Å². The van der Waals surface area contributed by atoms with Gasteiger partial charge in [-0.25, -0.2) is 0 Å². The van der Waals surface area contributed by atoms with Crippen LogP contribution in [0.1, 0.15) is 11.6 Å². The average molecular weight is 278 g/mol. The summed E-state index contributed by atoms with van der Waals surface area (Å²) in [5.74, 6) is 0. The highest BCUT2D eigenvalue weighted by molar-refractivity contribution is 6.34. The van der Waals surface area contributed by atoms with Crippen LogP contribution in [0.25, 0.3) is 0 Å². The predicted octanol–water partition coefficient (Wildman–Crippen LogP) is 2.80. The van der Waals surface area contributed by atoms with E-state index in [1.165, 1.54) is 0 Å². The fraction of sp³-hybridized carbons (Fsp3) is 0.250. The molecule has 14 heavy (non-hydrogen) atoms. The van der Waals surface area contributed by atoms with E-state index in [0.29, 0.717) is 16.6 Å². The number of rotatable bonds is 2. The summed E-state index contributed by atoms with van der Waals surface area (Å²) in [7, 11) is 0. The Labute approximate surface area is 106 Å². The highest BCUT2D eigenvalue weighted by Gasteiger charge is 2.05. The highest BCUT2D eigenvalue weighted by atomic mass is 35.5. The second kappa shape index (κ2) is 7.57.